The summed E-state index contributed by atoms with van der Waals surface area (Å²) in [6.07, 6.45) is 2.15. The van der Waals surface area contributed by atoms with E-state index in [-0.39, 0.29) is 18.1 Å². The molecule has 0 aliphatic heterocycles. The van der Waals surface area contributed by atoms with Crippen LogP contribution in [0.1, 0.15) is 16.1 Å². The number of carbonyl (C=O) groups excluding carboxylic acids is 1. The van der Waals surface area contributed by atoms with Gasteiger partial charge in [0.2, 0.25) is 10.0 Å². The molecule has 1 aromatic heterocycles. The van der Waals surface area contributed by atoms with Crippen LogP contribution >= 0.6 is 0 Å². The van der Waals surface area contributed by atoms with E-state index in [9.17, 15) is 17.6 Å². The van der Waals surface area contributed by atoms with Crippen molar-refractivity contribution in [3.8, 4) is 0 Å². The van der Waals surface area contributed by atoms with Crippen LogP contribution in [0.5, 0.6) is 0 Å². The second kappa shape index (κ2) is 5.37. The Kier molecular flexibility index (Phi) is 3.79. The fourth-order valence-electron chi connectivity index (χ4n) is 1.52. The Morgan fingerprint density at radius 2 is 2.20 bits per heavy atom. The Morgan fingerprint density at radius 1 is 1.45 bits per heavy atom. The zero-order valence-electron chi connectivity index (χ0n) is 10.4. The van der Waals surface area contributed by atoms with Gasteiger partial charge < -0.3 is 0 Å². The third-order valence-corrected chi connectivity index (χ3v) is 2.84. The highest BCUT2D eigenvalue weighted by Gasteiger charge is 2.14. The molecule has 7 nitrogen and oxygen atoms in total. The first-order valence-corrected chi connectivity index (χ1v) is 7.39. The molecule has 106 valence electrons. The van der Waals surface area contributed by atoms with Crippen LogP contribution in [0.3, 0.4) is 0 Å². The number of amides is 1. The smallest absolute Gasteiger partial charge is 0.266 e. The highest BCUT2D eigenvalue weighted by atomic mass is 32.2. The summed E-state index contributed by atoms with van der Waals surface area (Å²) in [5.41, 5.74) is 0.511. The molecule has 1 N–H and O–H groups in total. The lowest BCUT2D eigenvalue weighted by Crippen LogP contribution is -2.29. The van der Waals surface area contributed by atoms with Crippen molar-refractivity contribution in [2.75, 3.05) is 6.26 Å². The molecule has 0 atom stereocenters. The van der Waals surface area contributed by atoms with Crippen LogP contribution in [-0.4, -0.2) is 35.6 Å². The third-order valence-electron chi connectivity index (χ3n) is 2.28. The summed E-state index contributed by atoms with van der Waals surface area (Å²) >= 11 is 0. The van der Waals surface area contributed by atoms with Crippen LogP contribution in [0, 0.1) is 5.82 Å². The van der Waals surface area contributed by atoms with E-state index in [1.807, 2.05) is 0 Å². The van der Waals surface area contributed by atoms with E-state index in [0.717, 1.165) is 6.26 Å². The molecule has 0 saturated carbocycles. The molecular formula is C11H11FN4O3S. The highest BCUT2D eigenvalue weighted by Crippen LogP contribution is 2.05. The standard InChI is InChI=1S/C11H11FN4O3S/c1-20(18,19)14-11(17)10-7-16(15-13-10)6-8-3-2-4-9(12)5-8/h2-5,7H,6H2,1H3,(H,14,17). The molecule has 0 radical (unpaired) electrons. The van der Waals surface area contributed by atoms with Gasteiger partial charge in [-0.3, -0.25) is 4.79 Å². The van der Waals surface area contributed by atoms with Crippen molar-refractivity contribution in [2.24, 2.45) is 0 Å². The molecule has 0 spiro atoms. The quantitative estimate of drug-likeness (QED) is 0.867. The number of nitrogens with one attached hydrogen (secondary N) is 1. The van der Waals surface area contributed by atoms with Crippen molar-refractivity contribution in [1.82, 2.24) is 19.7 Å². The highest BCUT2D eigenvalue weighted by molar-refractivity contribution is 7.89. The van der Waals surface area contributed by atoms with Crippen LogP contribution in [0.15, 0.2) is 30.5 Å². The summed E-state index contributed by atoms with van der Waals surface area (Å²) in [5.74, 6) is -1.24. The van der Waals surface area contributed by atoms with Crippen LogP contribution < -0.4 is 4.72 Å². The van der Waals surface area contributed by atoms with Crippen molar-refractivity contribution < 1.29 is 17.6 Å². The second-order valence-corrected chi connectivity index (χ2v) is 5.88. The van der Waals surface area contributed by atoms with Gasteiger partial charge in [-0.1, -0.05) is 17.3 Å². The van der Waals surface area contributed by atoms with Gasteiger partial charge in [0.05, 0.1) is 19.0 Å². The normalized spacial score (nSPS) is 11.3. The minimum atomic E-state index is -3.65. The average Bonchev–Trinajstić information content (AvgIpc) is 2.75. The minimum Gasteiger partial charge on any atom is -0.266 e. The lowest BCUT2D eigenvalue weighted by atomic mass is 10.2. The van der Waals surface area contributed by atoms with Crippen molar-refractivity contribution in [1.29, 1.82) is 0 Å². The van der Waals surface area contributed by atoms with Gasteiger partial charge in [0.1, 0.15) is 5.82 Å². The summed E-state index contributed by atoms with van der Waals surface area (Å²) in [4.78, 5) is 11.5. The summed E-state index contributed by atoms with van der Waals surface area (Å²) in [6, 6.07) is 5.90. The molecule has 1 heterocycles. The maximum absolute atomic E-state index is 13.0. The Labute approximate surface area is 114 Å². The van der Waals surface area contributed by atoms with Crippen molar-refractivity contribution in [2.45, 2.75) is 6.54 Å². The van der Waals surface area contributed by atoms with Gasteiger partial charge in [-0.15, -0.1) is 5.10 Å². The molecule has 1 amide bonds. The molecule has 0 aliphatic carbocycles. The molecular weight excluding hydrogens is 287 g/mol. The van der Waals surface area contributed by atoms with Gasteiger partial charge in [0.15, 0.2) is 5.69 Å². The first kappa shape index (κ1) is 14.1. The maximum atomic E-state index is 13.0. The summed E-state index contributed by atoms with van der Waals surface area (Å²) in [7, 11) is -3.65. The molecule has 1 aromatic carbocycles. The number of hydrogen-bond acceptors (Lipinski definition) is 5. The molecule has 0 saturated heterocycles. The van der Waals surface area contributed by atoms with Crippen molar-refractivity contribution in [3.05, 3.63) is 47.5 Å². The van der Waals surface area contributed by atoms with E-state index < -0.39 is 15.9 Å². The first-order valence-electron chi connectivity index (χ1n) is 5.50. The van der Waals surface area contributed by atoms with Crippen molar-refractivity contribution >= 4 is 15.9 Å². The van der Waals surface area contributed by atoms with Crippen molar-refractivity contribution in [3.63, 3.8) is 0 Å². The number of sulfonamides is 1. The number of halogens is 1. The Balaban J connectivity index is 2.11. The Hall–Kier alpha value is -2.29. The molecule has 0 fully saturated rings. The lowest BCUT2D eigenvalue weighted by molar-refractivity contribution is 0.0976. The lowest BCUT2D eigenvalue weighted by Gasteiger charge is -2.00. The number of aromatic nitrogens is 3. The first-order chi connectivity index (χ1) is 9.33. The van der Waals surface area contributed by atoms with E-state index in [0.29, 0.717) is 5.56 Å². The van der Waals surface area contributed by atoms with Gasteiger partial charge in [-0.2, -0.15) is 0 Å². The number of carbonyl (C=O) groups is 1. The summed E-state index contributed by atoms with van der Waals surface area (Å²) in [6.45, 7) is 0.219. The number of hydrogen-bond donors (Lipinski definition) is 1. The van der Waals surface area contributed by atoms with E-state index in [1.54, 1.807) is 16.9 Å². The largest absolute Gasteiger partial charge is 0.286 e. The fourth-order valence-corrected chi connectivity index (χ4v) is 1.96. The predicted molar refractivity (Wildman–Crippen MR) is 67.8 cm³/mol. The predicted octanol–water partition coefficient (Wildman–Crippen LogP) is 0.155. The van der Waals surface area contributed by atoms with E-state index in [1.165, 1.54) is 23.0 Å². The monoisotopic (exact) mass is 298 g/mol. The topological polar surface area (TPSA) is 94.0 Å². The van der Waals surface area contributed by atoms with Crippen LogP contribution in [-0.2, 0) is 16.6 Å². The van der Waals surface area contributed by atoms with E-state index in [2.05, 4.69) is 10.3 Å². The van der Waals surface area contributed by atoms with Gasteiger partial charge >= 0.3 is 0 Å². The van der Waals surface area contributed by atoms with Gasteiger partial charge in [0, 0.05) is 0 Å². The van der Waals surface area contributed by atoms with Crippen LogP contribution in [0.25, 0.3) is 0 Å². The molecule has 2 rings (SSSR count). The Bertz CT molecular complexity index is 742. The average molecular weight is 298 g/mol. The van der Waals surface area contributed by atoms with Crippen LogP contribution in [0.2, 0.25) is 0 Å². The SMILES string of the molecule is CS(=O)(=O)NC(=O)c1cn(Cc2cccc(F)c2)nn1. The summed E-state index contributed by atoms with van der Waals surface area (Å²) < 4.78 is 37.9. The fraction of sp³-hybridized carbons (Fsp3) is 0.182. The maximum Gasteiger partial charge on any atom is 0.286 e. The third kappa shape index (κ3) is 3.85. The molecule has 2 aromatic rings. The summed E-state index contributed by atoms with van der Waals surface area (Å²) in [5, 5.41) is 7.24. The zero-order chi connectivity index (χ0) is 14.8. The second-order valence-electron chi connectivity index (χ2n) is 4.13. The van der Waals surface area contributed by atoms with Gasteiger partial charge in [-0.25, -0.2) is 22.2 Å². The number of benzene rings is 1. The minimum absolute atomic E-state index is 0.133. The van der Waals surface area contributed by atoms with E-state index in [4.69, 9.17) is 0 Å². The van der Waals surface area contributed by atoms with Gasteiger partial charge in [-0.05, 0) is 17.7 Å². The Morgan fingerprint density at radius 3 is 2.85 bits per heavy atom. The number of nitrogens with zero attached hydrogens (tertiary/aromatic N) is 3. The van der Waals surface area contributed by atoms with Crippen LogP contribution in [0.4, 0.5) is 4.39 Å². The molecule has 0 unspecified atom stereocenters. The molecule has 9 heteroatoms. The van der Waals surface area contributed by atoms with Gasteiger partial charge in [0.25, 0.3) is 5.91 Å². The molecule has 0 bridgehead atoms. The molecule has 0 aliphatic rings. The van der Waals surface area contributed by atoms with E-state index >= 15 is 0 Å². The number of rotatable bonds is 4. The molecule has 20 heavy (non-hydrogen) atoms. The zero-order valence-corrected chi connectivity index (χ0v) is 11.3.